The zero-order valence-electron chi connectivity index (χ0n) is 19.3. The Kier molecular flexibility index (Phi) is 6.65. The lowest BCUT2D eigenvalue weighted by atomic mass is 9.91. The van der Waals surface area contributed by atoms with E-state index in [4.69, 9.17) is 0 Å². The Morgan fingerprint density at radius 3 is 1.10 bits per heavy atom. The number of hydrogen-bond donors (Lipinski definition) is 1. The highest BCUT2D eigenvalue weighted by Crippen LogP contribution is 2.45. The van der Waals surface area contributed by atoms with Gasteiger partial charge in [0, 0.05) is 5.56 Å². The molecule has 5 rings (SSSR count). The average Bonchev–Trinajstić information content (AvgIpc) is 3.39. The molecule has 0 amide bonds. The number of aromatic amines is 1. The van der Waals surface area contributed by atoms with Crippen molar-refractivity contribution < 1.29 is 65.9 Å². The SMILES string of the molecule is Fc1c(F)c(F)c(-c2nc3c(-c4c(F)c(F)c(F)c(F)c4F)c(-c4c(F)c(F)c(F)c(F)c4F)ccc3[nH]2)c(F)c1F. The van der Waals surface area contributed by atoms with Gasteiger partial charge in [-0.1, -0.05) is 6.07 Å². The van der Waals surface area contributed by atoms with Gasteiger partial charge in [-0.15, -0.1) is 0 Å². The highest BCUT2D eigenvalue weighted by molar-refractivity contribution is 6.02. The minimum Gasteiger partial charge on any atom is -0.338 e. The predicted molar refractivity (Wildman–Crippen MR) is 112 cm³/mol. The maximum absolute atomic E-state index is 14.9. The minimum atomic E-state index is -2.74. The summed E-state index contributed by atoms with van der Waals surface area (Å²) in [5, 5.41) is 0. The molecule has 0 fully saturated rings. The molecule has 0 aliphatic carbocycles. The lowest BCUT2D eigenvalue weighted by Crippen LogP contribution is -2.08. The van der Waals surface area contributed by atoms with Crippen LogP contribution in [0, 0.1) is 87.3 Å². The second-order valence-corrected chi connectivity index (χ2v) is 8.30. The standard InChI is InChI=1S/C25H3F15N2/c26-9-6(10(27)16(33)21(38)15(9)32)3-1-2-4-24(5(3)7-11(28)17(34)22(39)18(35)12(7)29)42-25(41-4)8-13(30)19(36)23(40)20(37)14(8)31/h1-2H,(H,41,42). The van der Waals surface area contributed by atoms with E-state index < -0.39 is 132 Å². The van der Waals surface area contributed by atoms with Crippen molar-refractivity contribution in [1.82, 2.24) is 9.97 Å². The summed E-state index contributed by atoms with van der Waals surface area (Å²) >= 11 is 0. The van der Waals surface area contributed by atoms with Gasteiger partial charge in [0.15, 0.2) is 69.8 Å². The van der Waals surface area contributed by atoms with E-state index in [1.807, 2.05) is 4.98 Å². The fraction of sp³-hybridized carbons (Fsp3) is 0. The van der Waals surface area contributed by atoms with Crippen LogP contribution in [0.25, 0.3) is 44.7 Å². The monoisotopic (exact) mass is 616 g/mol. The Morgan fingerprint density at radius 1 is 0.357 bits per heavy atom. The summed E-state index contributed by atoms with van der Waals surface area (Å²) in [6.07, 6.45) is 0. The normalized spacial score (nSPS) is 11.7. The van der Waals surface area contributed by atoms with Crippen molar-refractivity contribution in [3.8, 4) is 33.6 Å². The van der Waals surface area contributed by atoms with Gasteiger partial charge in [0.2, 0.25) is 17.5 Å². The van der Waals surface area contributed by atoms with Gasteiger partial charge in [-0.25, -0.2) is 70.8 Å². The van der Waals surface area contributed by atoms with Crippen LogP contribution >= 0.6 is 0 Å². The van der Waals surface area contributed by atoms with E-state index in [0.717, 1.165) is 0 Å². The van der Waals surface area contributed by atoms with E-state index in [9.17, 15) is 65.9 Å². The maximum Gasteiger partial charge on any atom is 0.200 e. The lowest BCUT2D eigenvalue weighted by molar-refractivity contribution is 0.380. The van der Waals surface area contributed by atoms with Gasteiger partial charge < -0.3 is 4.98 Å². The van der Waals surface area contributed by atoms with Gasteiger partial charge in [0.05, 0.1) is 27.7 Å². The first kappa shape index (κ1) is 28.8. The number of nitrogens with zero attached hydrogens (tertiary/aromatic N) is 1. The molecule has 17 heteroatoms. The van der Waals surface area contributed by atoms with Gasteiger partial charge in [-0.05, 0) is 11.6 Å². The molecule has 1 N–H and O–H groups in total. The van der Waals surface area contributed by atoms with Gasteiger partial charge in [-0.3, -0.25) is 0 Å². The second-order valence-electron chi connectivity index (χ2n) is 8.30. The molecule has 2 nitrogen and oxygen atoms in total. The molecule has 0 bridgehead atoms. The molecule has 1 aromatic heterocycles. The highest BCUT2D eigenvalue weighted by atomic mass is 19.2. The van der Waals surface area contributed by atoms with E-state index in [-0.39, 0.29) is 0 Å². The van der Waals surface area contributed by atoms with Crippen molar-refractivity contribution in [3.63, 3.8) is 0 Å². The first-order valence-corrected chi connectivity index (χ1v) is 10.7. The van der Waals surface area contributed by atoms with Crippen LogP contribution in [0.15, 0.2) is 12.1 Å². The number of aromatic nitrogens is 2. The predicted octanol–water partition coefficient (Wildman–Crippen LogP) is 8.65. The zero-order chi connectivity index (χ0) is 31.1. The number of nitrogens with one attached hydrogen (secondary N) is 1. The van der Waals surface area contributed by atoms with Crippen LogP contribution in [-0.4, -0.2) is 9.97 Å². The van der Waals surface area contributed by atoms with E-state index in [0.29, 0.717) is 12.1 Å². The van der Waals surface area contributed by atoms with Crippen molar-refractivity contribution >= 4 is 11.0 Å². The number of fused-ring (bicyclic) bond motifs is 1. The molecule has 0 radical (unpaired) electrons. The molecule has 0 unspecified atom stereocenters. The van der Waals surface area contributed by atoms with Crippen molar-refractivity contribution in [2.45, 2.75) is 0 Å². The third-order valence-electron chi connectivity index (χ3n) is 6.04. The molecular weight excluding hydrogens is 613 g/mol. The molecule has 0 atom stereocenters. The van der Waals surface area contributed by atoms with Crippen LogP contribution in [0.4, 0.5) is 65.9 Å². The largest absolute Gasteiger partial charge is 0.338 e. The topological polar surface area (TPSA) is 28.7 Å². The van der Waals surface area contributed by atoms with Crippen LogP contribution in [0.5, 0.6) is 0 Å². The minimum absolute atomic E-state index is 0.342. The molecule has 1 heterocycles. The Hall–Kier alpha value is -4.70. The van der Waals surface area contributed by atoms with E-state index >= 15 is 0 Å². The quantitative estimate of drug-likeness (QED) is 0.123. The fourth-order valence-electron chi connectivity index (χ4n) is 4.13. The number of imidazole rings is 1. The van der Waals surface area contributed by atoms with Crippen LogP contribution in [-0.2, 0) is 0 Å². The summed E-state index contributed by atoms with van der Waals surface area (Å²) in [4.78, 5) is 5.34. The summed E-state index contributed by atoms with van der Waals surface area (Å²) < 4.78 is 213. The van der Waals surface area contributed by atoms with Crippen LogP contribution in [0.2, 0.25) is 0 Å². The summed E-state index contributed by atoms with van der Waals surface area (Å²) in [6.45, 7) is 0. The summed E-state index contributed by atoms with van der Waals surface area (Å²) in [7, 11) is 0. The van der Waals surface area contributed by atoms with Gasteiger partial charge >= 0.3 is 0 Å². The van der Waals surface area contributed by atoms with Crippen LogP contribution < -0.4 is 0 Å². The molecule has 0 saturated heterocycles. The van der Waals surface area contributed by atoms with Crippen molar-refractivity contribution in [2.75, 3.05) is 0 Å². The Bertz CT molecular complexity index is 1910. The maximum atomic E-state index is 14.9. The Balaban J connectivity index is 2.00. The first-order valence-electron chi connectivity index (χ1n) is 10.7. The van der Waals surface area contributed by atoms with E-state index in [2.05, 4.69) is 4.98 Å². The molecule has 4 aromatic carbocycles. The lowest BCUT2D eigenvalue weighted by Gasteiger charge is -2.16. The summed E-state index contributed by atoms with van der Waals surface area (Å²) in [5.41, 5.74) is -10.9. The van der Waals surface area contributed by atoms with Gasteiger partial charge in [0.25, 0.3) is 0 Å². The number of hydrogen-bond acceptors (Lipinski definition) is 1. The van der Waals surface area contributed by atoms with Gasteiger partial charge in [-0.2, -0.15) is 0 Å². The molecule has 0 aliphatic heterocycles. The molecule has 5 aromatic rings. The zero-order valence-corrected chi connectivity index (χ0v) is 19.3. The van der Waals surface area contributed by atoms with E-state index in [1.165, 1.54) is 0 Å². The molecule has 42 heavy (non-hydrogen) atoms. The number of H-pyrrole nitrogens is 1. The average molecular weight is 616 g/mol. The van der Waals surface area contributed by atoms with Crippen molar-refractivity contribution in [3.05, 3.63) is 99.4 Å². The molecule has 0 aliphatic rings. The summed E-state index contributed by atoms with van der Waals surface area (Å²) in [5.74, 6) is -40.6. The molecule has 218 valence electrons. The molecule has 0 spiro atoms. The third kappa shape index (κ3) is 3.82. The fourth-order valence-corrected chi connectivity index (χ4v) is 4.13. The second kappa shape index (κ2) is 9.70. The number of benzene rings is 4. The van der Waals surface area contributed by atoms with Crippen molar-refractivity contribution in [2.24, 2.45) is 0 Å². The Labute approximate surface area is 220 Å². The molecular formula is C25H3F15N2. The first-order chi connectivity index (χ1) is 19.6. The molecule has 0 saturated carbocycles. The van der Waals surface area contributed by atoms with Gasteiger partial charge in [0.1, 0.15) is 5.82 Å². The van der Waals surface area contributed by atoms with Crippen LogP contribution in [0.3, 0.4) is 0 Å². The van der Waals surface area contributed by atoms with Crippen molar-refractivity contribution in [1.29, 1.82) is 0 Å². The number of halogens is 15. The Morgan fingerprint density at radius 2 is 0.690 bits per heavy atom. The number of rotatable bonds is 3. The third-order valence-corrected chi connectivity index (χ3v) is 6.04. The smallest absolute Gasteiger partial charge is 0.200 e. The van der Waals surface area contributed by atoms with Crippen LogP contribution in [0.1, 0.15) is 0 Å². The highest BCUT2D eigenvalue weighted by Gasteiger charge is 2.35. The summed E-state index contributed by atoms with van der Waals surface area (Å²) in [6, 6.07) is 0.912. The van der Waals surface area contributed by atoms with E-state index in [1.54, 1.807) is 0 Å².